The molecule has 4 aliphatic heterocycles. The highest BCUT2D eigenvalue weighted by molar-refractivity contribution is 6.00. The summed E-state index contributed by atoms with van der Waals surface area (Å²) in [5.41, 5.74) is 0.294. The van der Waals surface area contributed by atoms with Crippen LogP contribution in [0, 0.1) is 11.8 Å². The van der Waals surface area contributed by atoms with E-state index in [4.69, 9.17) is 9.47 Å². The predicted molar refractivity (Wildman–Crippen MR) is 178 cm³/mol. The number of cyclic esters (lactones) is 1. The number of aliphatic hydroxyl groups is 1. The van der Waals surface area contributed by atoms with E-state index >= 15 is 0 Å². The Morgan fingerprint density at radius 1 is 0.979 bits per heavy atom. The molecule has 7 atom stereocenters. The highest BCUT2D eigenvalue weighted by Crippen LogP contribution is 2.56. The number of aliphatic hydroxyl groups excluding tert-OH is 1. The number of nitrogens with one attached hydrogen (secondary N) is 1. The number of nitrogens with zero attached hydrogens (tertiary/aromatic N) is 2. The number of unbranched alkanes of at least 4 members (excludes halogenated alkanes) is 2. The van der Waals surface area contributed by atoms with Gasteiger partial charge in [0.2, 0.25) is 17.7 Å². The fourth-order valence-electron chi connectivity index (χ4n) is 7.68. The van der Waals surface area contributed by atoms with Crippen molar-refractivity contribution in [3.05, 3.63) is 96.1 Å². The minimum absolute atomic E-state index is 0.0712. The molecule has 4 heterocycles. The number of hydrogen-bond donors (Lipinski definition) is 2. The molecule has 2 saturated heterocycles. The minimum atomic E-state index is -1.37. The summed E-state index contributed by atoms with van der Waals surface area (Å²) >= 11 is 0. The molecular formula is C38H45N3O7. The van der Waals surface area contributed by atoms with Gasteiger partial charge in [0.05, 0.1) is 36.6 Å². The van der Waals surface area contributed by atoms with Crippen molar-refractivity contribution in [2.24, 2.45) is 11.8 Å². The lowest BCUT2D eigenvalue weighted by molar-refractivity contribution is -0.150. The first kappa shape index (κ1) is 33.6. The van der Waals surface area contributed by atoms with Gasteiger partial charge in [-0.2, -0.15) is 0 Å². The third-order valence-electron chi connectivity index (χ3n) is 10.0. The van der Waals surface area contributed by atoms with Crippen molar-refractivity contribution in [3.63, 3.8) is 0 Å². The van der Waals surface area contributed by atoms with Crippen LogP contribution in [0.5, 0.6) is 0 Å². The molecule has 2 N–H and O–H groups in total. The van der Waals surface area contributed by atoms with Gasteiger partial charge in [-0.1, -0.05) is 105 Å². The summed E-state index contributed by atoms with van der Waals surface area (Å²) in [6, 6.07) is 16.4. The second-order valence-electron chi connectivity index (χ2n) is 13.1. The van der Waals surface area contributed by atoms with Gasteiger partial charge in [0.1, 0.15) is 18.2 Å². The van der Waals surface area contributed by atoms with Crippen molar-refractivity contribution in [3.8, 4) is 0 Å². The zero-order chi connectivity index (χ0) is 33.7. The summed E-state index contributed by atoms with van der Waals surface area (Å²) in [6.07, 6.45) is 10.2. The molecular weight excluding hydrogens is 610 g/mol. The van der Waals surface area contributed by atoms with Crippen LogP contribution in [0.3, 0.4) is 0 Å². The molecule has 2 aromatic rings. The van der Waals surface area contributed by atoms with Crippen LogP contribution in [0.2, 0.25) is 0 Å². The SMILES string of the molecule is CCCCCN1C/C=C\CCC(=O)OC[C@@H](c2ccccc2)NC(=O)[C@@H]2[C@@H]3C=C[C@]4(O3)[C@H](C1=O)N([C@@H](CO)Cc1ccccc1)C(=O)[C@@H]24. The standard InChI is InChI=1S/C38H45N3O7/c1-2-3-12-21-40-22-13-6-11-18-31(43)47-25-29(27-16-9-5-10-17-27)39-35(44)32-30-19-20-38(48-30)33(32)36(45)41(34(38)37(40)46)28(24-42)23-26-14-7-4-8-15-26/h4-10,13-17,19-20,28-30,32-34,42H,2-3,11-12,18,21-25H2,1H3,(H,39,44)/b13-6-/t28-,29+,30+,32-,33-,34+,38-/m1/s1. The van der Waals surface area contributed by atoms with Gasteiger partial charge in [-0.25, -0.2) is 0 Å². The summed E-state index contributed by atoms with van der Waals surface area (Å²) in [5.74, 6) is -3.38. The largest absolute Gasteiger partial charge is 0.463 e. The lowest BCUT2D eigenvalue weighted by Crippen LogP contribution is -2.59. The van der Waals surface area contributed by atoms with Crippen molar-refractivity contribution in [2.75, 3.05) is 26.3 Å². The van der Waals surface area contributed by atoms with Crippen molar-refractivity contribution < 1.29 is 33.8 Å². The third-order valence-corrected chi connectivity index (χ3v) is 10.0. The van der Waals surface area contributed by atoms with E-state index in [1.807, 2.05) is 72.8 Å². The molecule has 0 unspecified atom stereocenters. The Morgan fingerprint density at radius 2 is 1.73 bits per heavy atom. The van der Waals surface area contributed by atoms with Gasteiger partial charge in [0.25, 0.3) is 0 Å². The van der Waals surface area contributed by atoms with Crippen molar-refractivity contribution in [2.45, 2.75) is 75.3 Å². The molecule has 10 nitrogen and oxygen atoms in total. The molecule has 0 aliphatic carbocycles. The number of ether oxygens (including phenoxy) is 2. The zero-order valence-corrected chi connectivity index (χ0v) is 27.4. The van der Waals surface area contributed by atoms with Gasteiger partial charge in [0, 0.05) is 19.5 Å². The Kier molecular flexibility index (Phi) is 10.4. The summed E-state index contributed by atoms with van der Waals surface area (Å²) in [4.78, 5) is 59.8. The maximum absolute atomic E-state index is 14.8. The summed E-state index contributed by atoms with van der Waals surface area (Å²) < 4.78 is 12.2. The number of amides is 3. The van der Waals surface area contributed by atoms with E-state index in [-0.39, 0.29) is 38.0 Å². The van der Waals surface area contributed by atoms with E-state index in [0.29, 0.717) is 19.4 Å². The average molecular weight is 656 g/mol. The van der Waals surface area contributed by atoms with E-state index in [2.05, 4.69) is 12.2 Å². The lowest BCUT2D eigenvalue weighted by atomic mass is 9.74. The molecule has 10 heteroatoms. The molecule has 6 rings (SSSR count). The average Bonchev–Trinajstić information content (AvgIpc) is 3.75. The molecule has 254 valence electrons. The predicted octanol–water partition coefficient (Wildman–Crippen LogP) is 3.51. The van der Waals surface area contributed by atoms with E-state index in [1.54, 1.807) is 17.1 Å². The van der Waals surface area contributed by atoms with E-state index in [9.17, 15) is 24.3 Å². The number of rotatable bonds is 9. The molecule has 2 aromatic carbocycles. The summed E-state index contributed by atoms with van der Waals surface area (Å²) in [5, 5.41) is 13.8. The maximum Gasteiger partial charge on any atom is 0.306 e. The fourth-order valence-corrected chi connectivity index (χ4v) is 7.68. The Morgan fingerprint density at radius 3 is 2.46 bits per heavy atom. The van der Waals surface area contributed by atoms with Crippen LogP contribution in [-0.2, 0) is 35.1 Å². The maximum atomic E-state index is 14.8. The van der Waals surface area contributed by atoms with Gasteiger partial charge in [0.15, 0.2) is 0 Å². The first-order valence-corrected chi connectivity index (χ1v) is 17.2. The molecule has 0 radical (unpaired) electrons. The van der Waals surface area contributed by atoms with E-state index in [0.717, 1.165) is 30.4 Å². The molecule has 1 spiro atoms. The van der Waals surface area contributed by atoms with Crippen molar-refractivity contribution >= 4 is 23.7 Å². The van der Waals surface area contributed by atoms with Crippen LogP contribution in [-0.4, -0.2) is 88.7 Å². The number of esters is 1. The minimum Gasteiger partial charge on any atom is -0.463 e. The number of fused-ring (bicyclic) bond motifs is 2. The number of carbonyl (C=O) groups is 4. The van der Waals surface area contributed by atoms with Gasteiger partial charge >= 0.3 is 5.97 Å². The molecule has 48 heavy (non-hydrogen) atoms. The van der Waals surface area contributed by atoms with Crippen LogP contribution in [0.4, 0.5) is 0 Å². The number of carbonyl (C=O) groups excluding carboxylic acids is 4. The Bertz CT molecular complexity index is 1530. The van der Waals surface area contributed by atoms with Crippen LogP contribution in [0.25, 0.3) is 0 Å². The monoisotopic (exact) mass is 655 g/mol. The summed E-state index contributed by atoms with van der Waals surface area (Å²) in [6.45, 7) is 2.41. The smallest absolute Gasteiger partial charge is 0.306 e. The second kappa shape index (κ2) is 14.9. The molecule has 4 aliphatic rings. The third kappa shape index (κ3) is 6.56. The molecule has 2 fully saturated rings. The quantitative estimate of drug-likeness (QED) is 0.241. The fraction of sp³-hybridized carbons (Fsp3) is 0.474. The van der Waals surface area contributed by atoms with Crippen LogP contribution in [0.15, 0.2) is 85.0 Å². The second-order valence-corrected chi connectivity index (χ2v) is 13.1. The zero-order valence-electron chi connectivity index (χ0n) is 27.4. The topological polar surface area (TPSA) is 125 Å². The van der Waals surface area contributed by atoms with Crippen molar-refractivity contribution in [1.29, 1.82) is 0 Å². The van der Waals surface area contributed by atoms with Crippen molar-refractivity contribution in [1.82, 2.24) is 15.1 Å². The normalized spacial score (nSPS) is 30.2. The highest BCUT2D eigenvalue weighted by Gasteiger charge is 2.73. The molecule has 0 saturated carbocycles. The molecule has 3 amide bonds. The number of likely N-dealkylation sites (tertiary alicyclic amines) is 1. The van der Waals surface area contributed by atoms with Crippen LogP contribution >= 0.6 is 0 Å². The van der Waals surface area contributed by atoms with Crippen LogP contribution in [0.1, 0.15) is 56.2 Å². The molecule has 0 aromatic heterocycles. The first-order valence-electron chi connectivity index (χ1n) is 17.2. The Labute approximate surface area is 281 Å². The van der Waals surface area contributed by atoms with E-state index < -0.39 is 53.5 Å². The van der Waals surface area contributed by atoms with Gasteiger partial charge in [-0.15, -0.1) is 0 Å². The van der Waals surface area contributed by atoms with Gasteiger partial charge in [-0.3, -0.25) is 19.2 Å². The van der Waals surface area contributed by atoms with Gasteiger partial charge < -0.3 is 29.7 Å². The first-order chi connectivity index (χ1) is 23.4. The van der Waals surface area contributed by atoms with Gasteiger partial charge in [-0.05, 0) is 30.4 Å². The Hall–Kier alpha value is -4.28. The highest BCUT2D eigenvalue weighted by atomic mass is 16.5. The van der Waals surface area contributed by atoms with Crippen LogP contribution < -0.4 is 5.32 Å². The number of allylic oxidation sites excluding steroid dienone is 1. The number of benzene rings is 2. The van der Waals surface area contributed by atoms with E-state index in [1.165, 1.54) is 4.90 Å². The lowest BCUT2D eigenvalue weighted by Gasteiger charge is -2.39. The summed E-state index contributed by atoms with van der Waals surface area (Å²) in [7, 11) is 0. The molecule has 5 bridgehead atoms. The Balaban J connectivity index is 1.42. The number of hydrogen-bond acceptors (Lipinski definition) is 7.